The number of benzene rings is 1. The highest BCUT2D eigenvalue weighted by Gasteiger charge is 2.45. The van der Waals surface area contributed by atoms with Crippen LogP contribution in [0.2, 0.25) is 0 Å². The minimum absolute atomic E-state index is 0.214. The Balaban J connectivity index is 1.99. The third-order valence-corrected chi connectivity index (χ3v) is 3.73. The first-order valence-electron chi connectivity index (χ1n) is 5.71. The van der Waals surface area contributed by atoms with E-state index in [0.29, 0.717) is 0 Å². The fourth-order valence-corrected chi connectivity index (χ4v) is 2.80. The minimum atomic E-state index is -0.517. The van der Waals surface area contributed by atoms with Crippen molar-refractivity contribution in [3.63, 3.8) is 0 Å². The van der Waals surface area contributed by atoms with E-state index in [0.717, 1.165) is 37.2 Å². The molecular weight excluding hydrogens is 204 g/mol. The number of hydrogen-bond acceptors (Lipinski definition) is 4. The Labute approximate surface area is 94.3 Å². The van der Waals surface area contributed by atoms with E-state index in [1.807, 2.05) is 6.07 Å². The fourth-order valence-electron chi connectivity index (χ4n) is 2.80. The van der Waals surface area contributed by atoms with Crippen LogP contribution in [-0.2, 0) is 0 Å². The lowest BCUT2D eigenvalue weighted by atomic mass is 9.83. The predicted molar refractivity (Wildman–Crippen MR) is 61.5 cm³/mol. The van der Waals surface area contributed by atoms with Crippen LogP contribution >= 0.6 is 0 Å². The summed E-state index contributed by atoms with van der Waals surface area (Å²) in [4.78, 5) is 0. The van der Waals surface area contributed by atoms with Gasteiger partial charge in [0.15, 0.2) is 0 Å². The first kappa shape index (κ1) is 9.93. The van der Waals surface area contributed by atoms with Gasteiger partial charge in [-0.15, -0.1) is 0 Å². The smallest absolute Gasteiger partial charge is 0.116 e. The van der Waals surface area contributed by atoms with Crippen molar-refractivity contribution >= 4 is 5.69 Å². The van der Waals surface area contributed by atoms with Gasteiger partial charge in [0.05, 0.1) is 5.54 Å². The van der Waals surface area contributed by atoms with Gasteiger partial charge < -0.3 is 20.8 Å². The van der Waals surface area contributed by atoms with E-state index in [2.05, 4.69) is 10.6 Å². The number of rotatable bonds is 0. The van der Waals surface area contributed by atoms with E-state index in [1.54, 1.807) is 12.1 Å². The van der Waals surface area contributed by atoms with Crippen molar-refractivity contribution in [2.24, 2.45) is 0 Å². The quantitative estimate of drug-likeness (QED) is 0.492. The molecule has 1 aromatic rings. The Morgan fingerprint density at radius 3 is 2.75 bits per heavy atom. The van der Waals surface area contributed by atoms with Gasteiger partial charge in [0.25, 0.3) is 0 Å². The summed E-state index contributed by atoms with van der Waals surface area (Å²) in [5.41, 5.74) is 1.54. The van der Waals surface area contributed by atoms with Crippen LogP contribution < -0.4 is 10.6 Å². The van der Waals surface area contributed by atoms with Crippen LogP contribution in [0.3, 0.4) is 0 Å². The summed E-state index contributed by atoms with van der Waals surface area (Å²) < 4.78 is 0. The van der Waals surface area contributed by atoms with Gasteiger partial charge in [-0.1, -0.05) is 0 Å². The highest BCUT2D eigenvalue weighted by molar-refractivity contribution is 5.62. The first-order valence-corrected chi connectivity index (χ1v) is 5.71. The van der Waals surface area contributed by atoms with Gasteiger partial charge in [-0.2, -0.15) is 0 Å². The number of fused-ring (bicyclic) bond motifs is 1. The SMILES string of the molecule is Oc1ccc2c(c1)C(O)C1(CCNCC1)N2. The van der Waals surface area contributed by atoms with Crippen molar-refractivity contribution in [3.8, 4) is 5.75 Å². The van der Waals surface area contributed by atoms with E-state index >= 15 is 0 Å². The third kappa shape index (κ3) is 1.30. The van der Waals surface area contributed by atoms with Crippen LogP contribution in [0.5, 0.6) is 5.75 Å². The molecule has 0 amide bonds. The molecule has 1 aromatic carbocycles. The minimum Gasteiger partial charge on any atom is -0.508 e. The number of aliphatic hydroxyl groups is 1. The van der Waals surface area contributed by atoms with E-state index in [4.69, 9.17) is 0 Å². The molecule has 0 aliphatic carbocycles. The van der Waals surface area contributed by atoms with E-state index in [-0.39, 0.29) is 11.3 Å². The molecule has 3 rings (SSSR count). The van der Waals surface area contributed by atoms with Crippen LogP contribution in [-0.4, -0.2) is 28.8 Å². The molecule has 2 aliphatic rings. The molecule has 86 valence electrons. The molecule has 1 fully saturated rings. The average molecular weight is 220 g/mol. The maximum Gasteiger partial charge on any atom is 0.116 e. The number of aliphatic hydroxyl groups excluding tert-OH is 1. The molecule has 1 unspecified atom stereocenters. The highest BCUT2D eigenvalue weighted by atomic mass is 16.3. The number of phenolic OH excluding ortho intramolecular Hbond substituents is 1. The third-order valence-electron chi connectivity index (χ3n) is 3.73. The van der Waals surface area contributed by atoms with Crippen molar-refractivity contribution in [3.05, 3.63) is 23.8 Å². The summed E-state index contributed by atoms with van der Waals surface area (Å²) in [6.45, 7) is 1.84. The summed E-state index contributed by atoms with van der Waals surface area (Å²) in [6.07, 6.45) is 1.30. The molecule has 4 nitrogen and oxygen atoms in total. The molecule has 2 heterocycles. The first-order chi connectivity index (χ1) is 7.71. The molecule has 0 aromatic heterocycles. The zero-order valence-corrected chi connectivity index (χ0v) is 9.03. The lowest BCUT2D eigenvalue weighted by molar-refractivity contribution is 0.0871. The topological polar surface area (TPSA) is 64.5 Å². The van der Waals surface area contributed by atoms with Gasteiger partial charge in [0.2, 0.25) is 0 Å². The number of phenols is 1. The fraction of sp³-hybridized carbons (Fsp3) is 0.500. The number of nitrogens with one attached hydrogen (secondary N) is 2. The molecule has 4 N–H and O–H groups in total. The maximum absolute atomic E-state index is 10.4. The Hall–Kier alpha value is -1.26. The monoisotopic (exact) mass is 220 g/mol. The Bertz CT molecular complexity index is 413. The second-order valence-electron chi connectivity index (χ2n) is 4.71. The van der Waals surface area contributed by atoms with Gasteiger partial charge in [-0.05, 0) is 44.1 Å². The molecule has 0 bridgehead atoms. The van der Waals surface area contributed by atoms with Gasteiger partial charge >= 0.3 is 0 Å². The van der Waals surface area contributed by atoms with E-state index in [9.17, 15) is 10.2 Å². The molecule has 4 heteroatoms. The summed E-state index contributed by atoms with van der Waals surface area (Å²) in [6, 6.07) is 5.15. The van der Waals surface area contributed by atoms with Crippen molar-refractivity contribution in [2.45, 2.75) is 24.5 Å². The predicted octanol–water partition coefficient (Wildman–Crippen LogP) is 0.973. The average Bonchev–Trinajstić information content (AvgIpc) is 2.55. The van der Waals surface area contributed by atoms with Crippen molar-refractivity contribution in [2.75, 3.05) is 18.4 Å². The molecule has 0 saturated carbocycles. The zero-order chi connectivity index (χ0) is 11.2. The van der Waals surface area contributed by atoms with E-state index in [1.165, 1.54) is 0 Å². The van der Waals surface area contributed by atoms with Crippen molar-refractivity contribution in [1.82, 2.24) is 5.32 Å². The zero-order valence-electron chi connectivity index (χ0n) is 9.03. The van der Waals surface area contributed by atoms with Gasteiger partial charge in [-0.3, -0.25) is 0 Å². The molecule has 16 heavy (non-hydrogen) atoms. The second kappa shape index (κ2) is 3.37. The number of hydrogen-bond donors (Lipinski definition) is 4. The molecule has 0 radical (unpaired) electrons. The normalized spacial score (nSPS) is 26.4. The van der Waals surface area contributed by atoms with Crippen LogP contribution in [0.4, 0.5) is 5.69 Å². The van der Waals surface area contributed by atoms with Gasteiger partial charge in [0, 0.05) is 11.3 Å². The largest absolute Gasteiger partial charge is 0.508 e. The van der Waals surface area contributed by atoms with Crippen molar-refractivity contribution in [1.29, 1.82) is 0 Å². The standard InChI is InChI=1S/C12H16N2O2/c15-8-1-2-10-9(7-8)11(16)12(14-10)3-5-13-6-4-12/h1-2,7,11,13-16H,3-6H2. The van der Waals surface area contributed by atoms with Crippen LogP contribution in [0.15, 0.2) is 18.2 Å². The molecule has 2 aliphatic heterocycles. The maximum atomic E-state index is 10.4. The van der Waals surface area contributed by atoms with E-state index < -0.39 is 6.10 Å². The van der Waals surface area contributed by atoms with Crippen LogP contribution in [0.1, 0.15) is 24.5 Å². The lowest BCUT2D eigenvalue weighted by Crippen LogP contribution is -2.48. The Morgan fingerprint density at radius 2 is 2.00 bits per heavy atom. The number of aromatic hydroxyl groups is 1. The Morgan fingerprint density at radius 1 is 1.25 bits per heavy atom. The van der Waals surface area contributed by atoms with Gasteiger partial charge in [-0.25, -0.2) is 0 Å². The lowest BCUT2D eigenvalue weighted by Gasteiger charge is -2.37. The van der Waals surface area contributed by atoms with Crippen LogP contribution in [0, 0.1) is 0 Å². The molecule has 1 spiro atoms. The molecule has 1 atom stereocenters. The highest BCUT2D eigenvalue weighted by Crippen LogP contribution is 2.46. The summed E-state index contributed by atoms with van der Waals surface area (Å²) >= 11 is 0. The van der Waals surface area contributed by atoms with Gasteiger partial charge in [0.1, 0.15) is 11.9 Å². The summed E-state index contributed by atoms with van der Waals surface area (Å²) in [5, 5.41) is 26.5. The second-order valence-corrected chi connectivity index (χ2v) is 4.71. The number of anilines is 1. The summed E-state index contributed by atoms with van der Waals surface area (Å²) in [7, 11) is 0. The summed E-state index contributed by atoms with van der Waals surface area (Å²) in [5.74, 6) is 0.214. The number of piperidine rings is 1. The Kier molecular flexibility index (Phi) is 2.09. The molecule has 1 saturated heterocycles. The van der Waals surface area contributed by atoms with Crippen molar-refractivity contribution < 1.29 is 10.2 Å². The molecular formula is C12H16N2O2. The van der Waals surface area contributed by atoms with Crippen LogP contribution in [0.25, 0.3) is 0 Å².